The summed E-state index contributed by atoms with van der Waals surface area (Å²) in [5, 5.41) is 1.84. The molecule has 0 amide bonds. The summed E-state index contributed by atoms with van der Waals surface area (Å²) in [6, 6.07) is 11.0. The fourth-order valence-corrected chi connectivity index (χ4v) is 3.54. The molecule has 5 heterocycles. The Balaban J connectivity index is 0.000000151. The van der Waals surface area contributed by atoms with Crippen molar-refractivity contribution in [3.63, 3.8) is 0 Å². The molecule has 140 valence electrons. The van der Waals surface area contributed by atoms with Crippen LogP contribution in [0.4, 0.5) is 0 Å². The lowest BCUT2D eigenvalue weighted by atomic mass is 10.2. The van der Waals surface area contributed by atoms with E-state index in [0.29, 0.717) is 15.2 Å². The van der Waals surface area contributed by atoms with Crippen molar-refractivity contribution >= 4 is 62.0 Å². The quantitative estimate of drug-likeness (QED) is 0.251. The van der Waals surface area contributed by atoms with Crippen molar-refractivity contribution in [1.29, 1.82) is 0 Å². The maximum absolute atomic E-state index is 5.91. The molecule has 28 heavy (non-hydrogen) atoms. The third kappa shape index (κ3) is 4.00. The standard InChI is InChI=1S/C12H7Cl2N3.C7H4BrClN2/c13-9-2-4-17-10(7-16-12(17)6-9)8-1-3-15-11(14)5-8;8-6-4-10-7-3-5(9)1-2-11(6)7/h1-7H;1-4H. The predicted molar refractivity (Wildman–Crippen MR) is 116 cm³/mol. The zero-order valence-corrected chi connectivity index (χ0v) is 18.0. The fourth-order valence-electron chi connectivity index (χ4n) is 2.66. The Morgan fingerprint density at radius 1 is 0.750 bits per heavy atom. The van der Waals surface area contributed by atoms with E-state index in [1.807, 2.05) is 51.5 Å². The average Bonchev–Trinajstić information content (AvgIpc) is 3.25. The molecule has 5 aromatic heterocycles. The molecule has 5 nitrogen and oxygen atoms in total. The zero-order valence-electron chi connectivity index (χ0n) is 14.1. The number of pyridine rings is 3. The van der Waals surface area contributed by atoms with E-state index >= 15 is 0 Å². The molecule has 0 fully saturated rings. The summed E-state index contributed by atoms with van der Waals surface area (Å²) in [5.74, 6) is 0. The van der Waals surface area contributed by atoms with E-state index in [0.717, 1.165) is 27.2 Å². The van der Waals surface area contributed by atoms with Crippen molar-refractivity contribution in [2.45, 2.75) is 0 Å². The number of hydrogen-bond acceptors (Lipinski definition) is 3. The molecule has 0 saturated heterocycles. The molecule has 0 aliphatic rings. The summed E-state index contributed by atoms with van der Waals surface area (Å²) in [6.07, 6.45) is 8.96. The molecule has 5 rings (SSSR count). The maximum atomic E-state index is 5.91. The zero-order chi connectivity index (χ0) is 19.7. The first-order valence-corrected chi connectivity index (χ1v) is 9.96. The first-order valence-electron chi connectivity index (χ1n) is 8.04. The van der Waals surface area contributed by atoms with Gasteiger partial charge in [-0.15, -0.1) is 0 Å². The molecule has 0 aromatic carbocycles. The second-order valence-corrected chi connectivity index (χ2v) is 7.81. The van der Waals surface area contributed by atoms with E-state index < -0.39 is 0 Å². The molecule has 0 unspecified atom stereocenters. The molecule has 9 heteroatoms. The molecule has 0 N–H and O–H groups in total. The van der Waals surface area contributed by atoms with E-state index in [1.54, 1.807) is 24.7 Å². The summed E-state index contributed by atoms with van der Waals surface area (Å²) >= 11 is 20.9. The van der Waals surface area contributed by atoms with E-state index in [2.05, 4.69) is 30.9 Å². The Hall–Kier alpha value is -2.12. The van der Waals surface area contributed by atoms with Gasteiger partial charge in [0.1, 0.15) is 21.1 Å². The first kappa shape index (κ1) is 19.2. The molecular formula is C19H11BrCl3N5. The second-order valence-electron chi connectivity index (χ2n) is 5.74. The highest BCUT2D eigenvalue weighted by molar-refractivity contribution is 9.10. The van der Waals surface area contributed by atoms with Crippen molar-refractivity contribution in [2.24, 2.45) is 0 Å². The van der Waals surface area contributed by atoms with Crippen LogP contribution in [0.3, 0.4) is 0 Å². The van der Waals surface area contributed by atoms with Gasteiger partial charge in [0.25, 0.3) is 0 Å². The number of aromatic nitrogens is 5. The van der Waals surface area contributed by atoms with E-state index in [4.69, 9.17) is 34.8 Å². The molecule has 0 bridgehead atoms. The second kappa shape index (κ2) is 8.09. The van der Waals surface area contributed by atoms with Crippen molar-refractivity contribution in [2.75, 3.05) is 0 Å². The van der Waals surface area contributed by atoms with Gasteiger partial charge in [0.2, 0.25) is 0 Å². The lowest BCUT2D eigenvalue weighted by molar-refractivity contribution is 1.15. The number of imidazole rings is 2. The minimum Gasteiger partial charge on any atom is -0.300 e. The Morgan fingerprint density at radius 2 is 1.39 bits per heavy atom. The van der Waals surface area contributed by atoms with Crippen LogP contribution < -0.4 is 0 Å². The van der Waals surface area contributed by atoms with Gasteiger partial charge in [-0.1, -0.05) is 34.8 Å². The van der Waals surface area contributed by atoms with Crippen molar-refractivity contribution < 1.29 is 0 Å². The monoisotopic (exact) mass is 493 g/mol. The van der Waals surface area contributed by atoms with Gasteiger partial charge in [0.05, 0.1) is 18.1 Å². The van der Waals surface area contributed by atoms with Crippen molar-refractivity contribution in [1.82, 2.24) is 23.8 Å². The van der Waals surface area contributed by atoms with Gasteiger partial charge in [0, 0.05) is 46.3 Å². The van der Waals surface area contributed by atoms with Crippen LogP contribution >= 0.6 is 50.7 Å². The van der Waals surface area contributed by atoms with E-state index in [9.17, 15) is 0 Å². The van der Waals surface area contributed by atoms with E-state index in [1.165, 1.54) is 0 Å². The summed E-state index contributed by atoms with van der Waals surface area (Å²) in [6.45, 7) is 0. The van der Waals surface area contributed by atoms with E-state index in [-0.39, 0.29) is 0 Å². The molecular weight excluding hydrogens is 485 g/mol. The van der Waals surface area contributed by atoms with Gasteiger partial charge in [0.15, 0.2) is 0 Å². The number of rotatable bonds is 1. The van der Waals surface area contributed by atoms with Crippen molar-refractivity contribution in [3.05, 3.63) is 87.2 Å². The van der Waals surface area contributed by atoms with Crippen LogP contribution in [-0.4, -0.2) is 23.8 Å². The lowest BCUT2D eigenvalue weighted by Crippen LogP contribution is -1.88. The Bertz CT molecular complexity index is 1280. The van der Waals surface area contributed by atoms with Crippen LogP contribution in [-0.2, 0) is 0 Å². The number of hydrogen-bond donors (Lipinski definition) is 0. The topological polar surface area (TPSA) is 47.5 Å². The highest BCUT2D eigenvalue weighted by Crippen LogP contribution is 2.23. The SMILES string of the molecule is Clc1ccn2c(-c3ccnc(Cl)c3)cnc2c1.Clc1ccn2c(Br)cnc2c1. The Morgan fingerprint density at radius 3 is 2.11 bits per heavy atom. The van der Waals surface area contributed by atoms with Gasteiger partial charge in [-0.05, 0) is 40.2 Å². The van der Waals surface area contributed by atoms with Gasteiger partial charge in [-0.25, -0.2) is 15.0 Å². The minimum atomic E-state index is 0.464. The molecule has 5 aromatic rings. The largest absolute Gasteiger partial charge is 0.300 e. The summed E-state index contributed by atoms with van der Waals surface area (Å²) < 4.78 is 4.80. The third-order valence-corrected chi connectivity index (χ3v) is 5.19. The minimum absolute atomic E-state index is 0.464. The molecule has 0 atom stereocenters. The number of fused-ring (bicyclic) bond motifs is 2. The van der Waals surface area contributed by atoms with Crippen LogP contribution in [0.25, 0.3) is 22.6 Å². The summed E-state index contributed by atoms with van der Waals surface area (Å²) in [5.41, 5.74) is 3.59. The summed E-state index contributed by atoms with van der Waals surface area (Å²) in [4.78, 5) is 12.4. The van der Waals surface area contributed by atoms with Crippen LogP contribution in [0.2, 0.25) is 15.2 Å². The molecule has 0 spiro atoms. The maximum Gasteiger partial charge on any atom is 0.139 e. The van der Waals surface area contributed by atoms with Crippen LogP contribution in [0.1, 0.15) is 0 Å². The van der Waals surface area contributed by atoms with Gasteiger partial charge in [-0.2, -0.15) is 0 Å². The predicted octanol–water partition coefficient (Wildman–Crippen LogP) is 6.45. The normalized spacial score (nSPS) is 10.9. The van der Waals surface area contributed by atoms with Gasteiger partial charge >= 0.3 is 0 Å². The molecule has 0 saturated carbocycles. The molecule has 0 aliphatic heterocycles. The smallest absolute Gasteiger partial charge is 0.139 e. The Kier molecular flexibility index (Phi) is 5.55. The highest BCUT2D eigenvalue weighted by Gasteiger charge is 2.06. The third-order valence-electron chi connectivity index (χ3n) is 3.93. The Labute approximate surface area is 183 Å². The number of halogens is 4. The molecule has 0 aliphatic carbocycles. The fraction of sp³-hybridized carbons (Fsp3) is 0. The average molecular weight is 496 g/mol. The number of nitrogens with zero attached hydrogens (tertiary/aromatic N) is 5. The first-order chi connectivity index (χ1) is 13.5. The van der Waals surface area contributed by atoms with Crippen LogP contribution in [0.15, 0.2) is 72.0 Å². The van der Waals surface area contributed by atoms with Gasteiger partial charge in [-0.3, -0.25) is 8.80 Å². The van der Waals surface area contributed by atoms with Crippen molar-refractivity contribution in [3.8, 4) is 11.3 Å². The van der Waals surface area contributed by atoms with Crippen LogP contribution in [0.5, 0.6) is 0 Å². The van der Waals surface area contributed by atoms with Crippen LogP contribution in [0, 0.1) is 0 Å². The molecule has 0 radical (unpaired) electrons. The van der Waals surface area contributed by atoms with Gasteiger partial charge < -0.3 is 0 Å². The lowest BCUT2D eigenvalue weighted by Gasteiger charge is -2.02. The highest BCUT2D eigenvalue weighted by atomic mass is 79.9. The summed E-state index contributed by atoms with van der Waals surface area (Å²) in [7, 11) is 0.